The molecule has 0 fully saturated rings. The van der Waals surface area contributed by atoms with Crippen LogP contribution in [0.5, 0.6) is 0 Å². The van der Waals surface area contributed by atoms with Gasteiger partial charge in [-0.3, -0.25) is 4.79 Å². The molecule has 2 N–H and O–H groups in total. The van der Waals surface area contributed by atoms with Crippen LogP contribution >= 0.6 is 11.3 Å². The third-order valence-electron chi connectivity index (χ3n) is 3.03. The molecular weight excluding hydrogens is 282 g/mol. The highest BCUT2D eigenvalue weighted by atomic mass is 32.1. The van der Waals surface area contributed by atoms with Crippen LogP contribution in [0.25, 0.3) is 0 Å². The molecule has 0 spiro atoms. The maximum Gasteiger partial charge on any atom is 0.237 e. The van der Waals surface area contributed by atoms with Gasteiger partial charge in [0.1, 0.15) is 5.01 Å². The molecule has 0 aliphatic heterocycles. The second-order valence-corrected chi connectivity index (χ2v) is 6.19. The van der Waals surface area contributed by atoms with E-state index >= 15 is 0 Å². The molecule has 1 unspecified atom stereocenters. The minimum absolute atomic E-state index is 0.0164. The lowest BCUT2D eigenvalue weighted by atomic mass is 10.0. The summed E-state index contributed by atoms with van der Waals surface area (Å²) in [4.78, 5) is 16.6. The first-order valence-electron chi connectivity index (χ1n) is 7.11. The van der Waals surface area contributed by atoms with Gasteiger partial charge in [-0.15, -0.1) is 11.3 Å². The number of rotatable bonds is 7. The topological polar surface area (TPSA) is 54.0 Å². The van der Waals surface area contributed by atoms with Crippen LogP contribution in [0.15, 0.2) is 41.9 Å². The summed E-state index contributed by atoms with van der Waals surface area (Å²) in [6.07, 6.45) is 2.43. The second kappa shape index (κ2) is 7.90. The van der Waals surface area contributed by atoms with Crippen LogP contribution in [0.4, 0.5) is 0 Å². The third kappa shape index (κ3) is 5.28. The van der Waals surface area contributed by atoms with Gasteiger partial charge < -0.3 is 10.6 Å². The molecule has 4 nitrogen and oxygen atoms in total. The molecule has 0 aliphatic carbocycles. The Labute approximate surface area is 129 Å². The van der Waals surface area contributed by atoms with Gasteiger partial charge in [-0.25, -0.2) is 4.98 Å². The Morgan fingerprint density at radius 3 is 2.67 bits per heavy atom. The lowest BCUT2D eigenvalue weighted by molar-refractivity contribution is -0.123. The molecule has 2 rings (SSSR count). The molecule has 112 valence electrons. The van der Waals surface area contributed by atoms with Crippen molar-refractivity contribution < 1.29 is 4.79 Å². The van der Waals surface area contributed by atoms with Gasteiger partial charge in [0.25, 0.3) is 0 Å². The van der Waals surface area contributed by atoms with Crippen LogP contribution < -0.4 is 10.6 Å². The molecule has 5 heteroatoms. The van der Waals surface area contributed by atoms with Gasteiger partial charge >= 0.3 is 0 Å². The monoisotopic (exact) mass is 303 g/mol. The summed E-state index contributed by atoms with van der Waals surface area (Å²) in [6.45, 7) is 4.58. The summed E-state index contributed by atoms with van der Waals surface area (Å²) in [5.74, 6) is 0.0164. The lowest BCUT2D eigenvalue weighted by Gasteiger charge is -2.20. The van der Waals surface area contributed by atoms with Crippen LogP contribution in [-0.4, -0.2) is 23.0 Å². The highest BCUT2D eigenvalue weighted by molar-refractivity contribution is 7.09. The van der Waals surface area contributed by atoms with Gasteiger partial charge in [-0.05, 0) is 12.0 Å². The smallest absolute Gasteiger partial charge is 0.237 e. The van der Waals surface area contributed by atoms with Gasteiger partial charge in [0.15, 0.2) is 0 Å². The molecule has 21 heavy (non-hydrogen) atoms. The minimum Gasteiger partial charge on any atom is -0.348 e. The Morgan fingerprint density at radius 1 is 1.29 bits per heavy atom. The van der Waals surface area contributed by atoms with Crippen molar-refractivity contribution in [2.24, 2.45) is 0 Å². The van der Waals surface area contributed by atoms with Crippen molar-refractivity contribution in [2.45, 2.75) is 38.9 Å². The third-order valence-corrected chi connectivity index (χ3v) is 3.81. The van der Waals surface area contributed by atoms with Gasteiger partial charge in [0.2, 0.25) is 5.91 Å². The first-order chi connectivity index (χ1) is 10.1. The summed E-state index contributed by atoms with van der Waals surface area (Å²) < 4.78 is 0. The maximum atomic E-state index is 12.4. The zero-order chi connectivity index (χ0) is 15.1. The van der Waals surface area contributed by atoms with Crippen molar-refractivity contribution in [3.63, 3.8) is 0 Å². The molecular formula is C16H21N3OS. The number of amides is 1. The Hall–Kier alpha value is -1.72. The average Bonchev–Trinajstić information content (AvgIpc) is 2.98. The fraction of sp³-hybridized carbons (Fsp3) is 0.375. The van der Waals surface area contributed by atoms with Gasteiger partial charge in [-0.1, -0.05) is 44.2 Å². The van der Waals surface area contributed by atoms with Crippen LogP contribution in [0.1, 0.15) is 24.4 Å². The summed E-state index contributed by atoms with van der Waals surface area (Å²) in [5, 5.41) is 9.12. The van der Waals surface area contributed by atoms with Crippen molar-refractivity contribution >= 4 is 17.2 Å². The zero-order valence-electron chi connectivity index (χ0n) is 12.4. The molecule has 0 saturated carbocycles. The molecule has 0 saturated heterocycles. The minimum atomic E-state index is -0.229. The Bertz CT molecular complexity index is 540. The van der Waals surface area contributed by atoms with Gasteiger partial charge in [0.05, 0.1) is 12.6 Å². The van der Waals surface area contributed by atoms with Crippen LogP contribution in [0, 0.1) is 0 Å². The van der Waals surface area contributed by atoms with E-state index < -0.39 is 0 Å². The largest absolute Gasteiger partial charge is 0.348 e. The predicted molar refractivity (Wildman–Crippen MR) is 86.2 cm³/mol. The molecule has 2 aromatic rings. The molecule has 1 aromatic heterocycles. The number of carbonyl (C=O) groups is 1. The number of aromatic nitrogens is 1. The summed E-state index contributed by atoms with van der Waals surface area (Å²) >= 11 is 1.55. The molecule has 1 aromatic carbocycles. The molecule has 1 atom stereocenters. The SMILES string of the molecule is CC(C)NC(Cc1ccccc1)C(=O)NCc1nccs1. The number of benzene rings is 1. The van der Waals surface area contributed by atoms with E-state index in [2.05, 4.69) is 15.6 Å². The normalized spacial score (nSPS) is 12.3. The lowest BCUT2D eigenvalue weighted by Crippen LogP contribution is -2.47. The molecule has 0 radical (unpaired) electrons. The fourth-order valence-corrected chi connectivity index (χ4v) is 2.66. The van der Waals surface area contributed by atoms with Crippen molar-refractivity contribution in [1.29, 1.82) is 0 Å². The summed E-state index contributed by atoms with van der Waals surface area (Å²) in [7, 11) is 0. The highest BCUT2D eigenvalue weighted by Gasteiger charge is 2.19. The van der Waals surface area contributed by atoms with E-state index in [1.165, 1.54) is 0 Å². The number of hydrogen-bond donors (Lipinski definition) is 2. The Morgan fingerprint density at radius 2 is 2.05 bits per heavy atom. The Kier molecular flexibility index (Phi) is 5.90. The molecule has 0 aliphatic rings. The summed E-state index contributed by atoms with van der Waals surface area (Å²) in [5.41, 5.74) is 1.15. The highest BCUT2D eigenvalue weighted by Crippen LogP contribution is 2.06. The van der Waals surface area contributed by atoms with E-state index in [1.54, 1.807) is 17.5 Å². The Balaban J connectivity index is 1.95. The average molecular weight is 303 g/mol. The number of thiazole rings is 1. The second-order valence-electron chi connectivity index (χ2n) is 5.21. The van der Waals surface area contributed by atoms with E-state index in [0.29, 0.717) is 13.0 Å². The number of nitrogens with zero attached hydrogens (tertiary/aromatic N) is 1. The maximum absolute atomic E-state index is 12.4. The zero-order valence-corrected chi connectivity index (χ0v) is 13.2. The van der Waals surface area contributed by atoms with E-state index in [-0.39, 0.29) is 18.0 Å². The number of hydrogen-bond acceptors (Lipinski definition) is 4. The standard InChI is InChI=1S/C16H21N3OS/c1-12(2)19-14(10-13-6-4-3-5-7-13)16(20)18-11-15-17-8-9-21-15/h3-9,12,14,19H,10-11H2,1-2H3,(H,18,20). The fourth-order valence-electron chi connectivity index (χ4n) is 2.11. The van der Waals surface area contributed by atoms with Crippen LogP contribution in [0.2, 0.25) is 0 Å². The van der Waals surface area contributed by atoms with Crippen LogP contribution in [0.3, 0.4) is 0 Å². The van der Waals surface area contributed by atoms with Crippen molar-refractivity contribution in [1.82, 2.24) is 15.6 Å². The van der Waals surface area contributed by atoms with Gasteiger partial charge in [0, 0.05) is 17.6 Å². The first-order valence-corrected chi connectivity index (χ1v) is 7.99. The molecule has 1 amide bonds. The van der Waals surface area contributed by atoms with E-state index in [0.717, 1.165) is 10.6 Å². The van der Waals surface area contributed by atoms with E-state index in [4.69, 9.17) is 0 Å². The van der Waals surface area contributed by atoms with E-state index in [9.17, 15) is 4.79 Å². The van der Waals surface area contributed by atoms with E-state index in [1.807, 2.05) is 49.6 Å². The quantitative estimate of drug-likeness (QED) is 0.825. The van der Waals surface area contributed by atoms with Crippen molar-refractivity contribution in [2.75, 3.05) is 0 Å². The molecule has 1 heterocycles. The van der Waals surface area contributed by atoms with Crippen LogP contribution in [-0.2, 0) is 17.8 Å². The van der Waals surface area contributed by atoms with Gasteiger partial charge in [-0.2, -0.15) is 0 Å². The molecule has 0 bridgehead atoms. The predicted octanol–water partition coefficient (Wildman–Crippen LogP) is 2.37. The van der Waals surface area contributed by atoms with Crippen molar-refractivity contribution in [3.05, 3.63) is 52.5 Å². The number of carbonyl (C=O) groups excluding carboxylic acids is 1. The number of nitrogens with one attached hydrogen (secondary N) is 2. The first kappa shape index (κ1) is 15.7. The van der Waals surface area contributed by atoms with Crippen molar-refractivity contribution in [3.8, 4) is 0 Å². The summed E-state index contributed by atoms with van der Waals surface area (Å²) in [6, 6.07) is 10.1.